The summed E-state index contributed by atoms with van der Waals surface area (Å²) in [6, 6.07) is 0. The summed E-state index contributed by atoms with van der Waals surface area (Å²) in [5.74, 6) is -0.877. The summed E-state index contributed by atoms with van der Waals surface area (Å²) in [6.07, 6.45) is -0.0307. The standard InChI is InChI=1S/C6H13O4P/c1-3-9-11(10-4-2)5-6(7)8/h3-5H2,1-2H3,(H,7,8). The molecule has 4 nitrogen and oxygen atoms in total. The molecule has 0 heterocycles. The highest BCUT2D eigenvalue weighted by Crippen LogP contribution is 2.37. The van der Waals surface area contributed by atoms with Crippen molar-refractivity contribution in [1.29, 1.82) is 0 Å². The molecule has 0 saturated heterocycles. The van der Waals surface area contributed by atoms with E-state index in [4.69, 9.17) is 14.2 Å². The zero-order chi connectivity index (χ0) is 8.69. The maximum absolute atomic E-state index is 10.2. The van der Waals surface area contributed by atoms with E-state index >= 15 is 0 Å². The highest BCUT2D eigenvalue weighted by atomic mass is 31.2. The third-order valence-electron chi connectivity index (χ3n) is 0.811. The zero-order valence-corrected chi connectivity index (χ0v) is 7.63. The van der Waals surface area contributed by atoms with Crippen LogP contribution in [0.4, 0.5) is 0 Å². The molecule has 0 aliphatic heterocycles. The third-order valence-corrected chi connectivity index (χ3v) is 2.43. The number of carbonyl (C=O) groups is 1. The van der Waals surface area contributed by atoms with Crippen molar-refractivity contribution < 1.29 is 18.9 Å². The van der Waals surface area contributed by atoms with Crippen LogP contribution in [0.5, 0.6) is 0 Å². The minimum atomic E-state index is -1.20. The molecule has 0 amide bonds. The Bertz CT molecular complexity index is 111. The van der Waals surface area contributed by atoms with Crippen LogP contribution in [0, 0.1) is 0 Å². The van der Waals surface area contributed by atoms with Gasteiger partial charge >= 0.3 is 5.97 Å². The molecule has 0 rings (SSSR count). The lowest BCUT2D eigenvalue weighted by molar-refractivity contribution is -0.134. The maximum Gasteiger partial charge on any atom is 0.312 e. The van der Waals surface area contributed by atoms with Crippen molar-refractivity contribution in [2.24, 2.45) is 0 Å². The van der Waals surface area contributed by atoms with E-state index < -0.39 is 14.3 Å². The van der Waals surface area contributed by atoms with Crippen LogP contribution in [0.2, 0.25) is 0 Å². The maximum atomic E-state index is 10.2. The summed E-state index contributed by atoms with van der Waals surface area (Å²) in [5.41, 5.74) is 0. The lowest BCUT2D eigenvalue weighted by atomic mass is 10.8. The van der Waals surface area contributed by atoms with Gasteiger partial charge in [-0.15, -0.1) is 0 Å². The molecule has 0 aromatic heterocycles. The number of hydrogen-bond donors (Lipinski definition) is 1. The van der Waals surface area contributed by atoms with Crippen molar-refractivity contribution in [1.82, 2.24) is 0 Å². The first kappa shape index (κ1) is 10.8. The number of carboxylic acid groups (broad SMARTS) is 1. The topological polar surface area (TPSA) is 55.8 Å². The lowest BCUT2D eigenvalue weighted by Crippen LogP contribution is -2.04. The van der Waals surface area contributed by atoms with E-state index in [0.717, 1.165) is 0 Å². The van der Waals surface area contributed by atoms with Crippen LogP contribution < -0.4 is 0 Å². The summed E-state index contributed by atoms with van der Waals surface area (Å²) < 4.78 is 10.1. The van der Waals surface area contributed by atoms with Gasteiger partial charge < -0.3 is 14.2 Å². The van der Waals surface area contributed by atoms with Gasteiger partial charge in [0.15, 0.2) is 8.38 Å². The second-order valence-electron chi connectivity index (χ2n) is 1.72. The second kappa shape index (κ2) is 6.53. The molecule has 0 spiro atoms. The summed E-state index contributed by atoms with van der Waals surface area (Å²) >= 11 is 0. The SMILES string of the molecule is CCOP(CC(=O)O)OCC. The Morgan fingerprint density at radius 3 is 2.09 bits per heavy atom. The van der Waals surface area contributed by atoms with Crippen LogP contribution in [0.3, 0.4) is 0 Å². The fourth-order valence-corrected chi connectivity index (χ4v) is 1.58. The van der Waals surface area contributed by atoms with Crippen molar-refractivity contribution in [3.63, 3.8) is 0 Å². The molecule has 0 atom stereocenters. The van der Waals surface area contributed by atoms with E-state index in [2.05, 4.69) is 0 Å². The molecule has 66 valence electrons. The summed E-state index contributed by atoms with van der Waals surface area (Å²) in [5, 5.41) is 8.39. The molecule has 1 N–H and O–H groups in total. The van der Waals surface area contributed by atoms with E-state index in [0.29, 0.717) is 13.2 Å². The fourth-order valence-electron chi connectivity index (χ4n) is 0.527. The molecule has 0 unspecified atom stereocenters. The first-order valence-corrected chi connectivity index (χ1v) is 4.82. The predicted molar refractivity (Wildman–Crippen MR) is 42.7 cm³/mol. The number of hydrogen-bond acceptors (Lipinski definition) is 3. The molecule has 0 saturated carbocycles. The Morgan fingerprint density at radius 1 is 1.36 bits per heavy atom. The second-order valence-corrected chi connectivity index (χ2v) is 3.22. The molecule has 5 heteroatoms. The van der Waals surface area contributed by atoms with E-state index in [9.17, 15) is 4.79 Å². The van der Waals surface area contributed by atoms with Gasteiger partial charge in [0.1, 0.15) is 6.16 Å². The molecule has 11 heavy (non-hydrogen) atoms. The summed E-state index contributed by atoms with van der Waals surface area (Å²) in [7, 11) is -1.20. The first-order valence-electron chi connectivity index (χ1n) is 3.45. The molecular formula is C6H13O4P. The van der Waals surface area contributed by atoms with Gasteiger partial charge in [-0.25, -0.2) is 0 Å². The summed E-state index contributed by atoms with van der Waals surface area (Å²) in [4.78, 5) is 10.2. The largest absolute Gasteiger partial charge is 0.481 e. The molecule has 0 aromatic carbocycles. The smallest absolute Gasteiger partial charge is 0.312 e. The van der Waals surface area contributed by atoms with E-state index in [-0.39, 0.29) is 6.16 Å². The van der Waals surface area contributed by atoms with Crippen LogP contribution in [0.25, 0.3) is 0 Å². The van der Waals surface area contributed by atoms with Gasteiger partial charge in [0.25, 0.3) is 0 Å². The molecule has 0 fully saturated rings. The highest BCUT2D eigenvalue weighted by Gasteiger charge is 2.13. The van der Waals surface area contributed by atoms with Gasteiger partial charge in [-0.2, -0.15) is 0 Å². The Labute approximate surface area is 67.4 Å². The zero-order valence-electron chi connectivity index (χ0n) is 6.74. The van der Waals surface area contributed by atoms with Crippen LogP contribution >= 0.6 is 8.38 Å². The molecule has 0 bridgehead atoms. The van der Waals surface area contributed by atoms with Crippen LogP contribution in [-0.2, 0) is 13.8 Å². The quantitative estimate of drug-likeness (QED) is 0.628. The van der Waals surface area contributed by atoms with E-state index in [1.54, 1.807) is 0 Å². The third kappa shape index (κ3) is 6.23. The van der Waals surface area contributed by atoms with Crippen molar-refractivity contribution in [3.8, 4) is 0 Å². The minimum absolute atomic E-state index is 0.0307. The normalized spacial score (nSPS) is 10.5. The molecule has 0 aromatic rings. The van der Waals surface area contributed by atoms with Crippen LogP contribution in [0.15, 0.2) is 0 Å². The average Bonchev–Trinajstić information content (AvgIpc) is 1.87. The number of aliphatic carboxylic acids is 1. The Kier molecular flexibility index (Phi) is 6.42. The molecule has 0 aliphatic carbocycles. The Balaban J connectivity index is 3.59. The Morgan fingerprint density at radius 2 is 1.82 bits per heavy atom. The van der Waals surface area contributed by atoms with Crippen LogP contribution in [-0.4, -0.2) is 30.5 Å². The predicted octanol–water partition coefficient (Wildman–Crippen LogP) is 1.46. The molecular weight excluding hydrogens is 167 g/mol. The van der Waals surface area contributed by atoms with Gasteiger partial charge in [0.05, 0.1) is 13.2 Å². The highest BCUT2D eigenvalue weighted by molar-refractivity contribution is 7.48. The van der Waals surface area contributed by atoms with Crippen LogP contribution in [0.1, 0.15) is 13.8 Å². The fraction of sp³-hybridized carbons (Fsp3) is 0.833. The van der Waals surface area contributed by atoms with Gasteiger partial charge in [-0.3, -0.25) is 4.79 Å². The number of rotatable bonds is 6. The Hall–Kier alpha value is -0.180. The van der Waals surface area contributed by atoms with Crippen molar-refractivity contribution in [2.45, 2.75) is 13.8 Å². The van der Waals surface area contributed by atoms with Gasteiger partial charge in [0, 0.05) is 0 Å². The first-order chi connectivity index (χ1) is 5.20. The average molecular weight is 180 g/mol. The van der Waals surface area contributed by atoms with E-state index in [1.807, 2.05) is 13.8 Å². The number of carboxylic acids is 1. The summed E-state index contributed by atoms with van der Waals surface area (Å²) in [6.45, 7) is 4.63. The van der Waals surface area contributed by atoms with E-state index in [1.165, 1.54) is 0 Å². The van der Waals surface area contributed by atoms with Crippen molar-refractivity contribution in [2.75, 3.05) is 19.4 Å². The minimum Gasteiger partial charge on any atom is -0.481 e. The molecule has 0 aliphatic rings. The monoisotopic (exact) mass is 180 g/mol. The molecule has 0 radical (unpaired) electrons. The lowest BCUT2D eigenvalue weighted by Gasteiger charge is -2.12. The van der Waals surface area contributed by atoms with Gasteiger partial charge in [-0.05, 0) is 13.8 Å². The van der Waals surface area contributed by atoms with Gasteiger partial charge in [0.2, 0.25) is 0 Å². The van der Waals surface area contributed by atoms with Gasteiger partial charge in [-0.1, -0.05) is 0 Å². The van der Waals surface area contributed by atoms with Crippen molar-refractivity contribution in [3.05, 3.63) is 0 Å². The van der Waals surface area contributed by atoms with Crippen molar-refractivity contribution >= 4 is 14.3 Å².